The fourth-order valence-electron chi connectivity index (χ4n) is 3.65. The van der Waals surface area contributed by atoms with E-state index in [9.17, 15) is 19.5 Å². The lowest BCUT2D eigenvalue weighted by Crippen LogP contribution is -2.75. The van der Waals surface area contributed by atoms with E-state index in [2.05, 4.69) is 0 Å². The van der Waals surface area contributed by atoms with Gasteiger partial charge in [-0.2, -0.15) is 0 Å². The third-order valence-electron chi connectivity index (χ3n) is 5.00. The first-order valence-corrected chi connectivity index (χ1v) is 8.27. The van der Waals surface area contributed by atoms with Crippen molar-refractivity contribution in [2.24, 2.45) is 0 Å². The van der Waals surface area contributed by atoms with E-state index in [0.717, 1.165) is 4.90 Å². The summed E-state index contributed by atoms with van der Waals surface area (Å²) >= 11 is 0. The van der Waals surface area contributed by atoms with E-state index in [4.69, 9.17) is 0 Å². The third kappa shape index (κ3) is 2.12. The molecule has 0 bridgehead atoms. The molecule has 2 heterocycles. The maximum atomic E-state index is 13.3. The number of carbonyl (C=O) groups excluding carboxylic acids is 3. The molecule has 7 heteroatoms. The molecule has 1 aromatic carbocycles. The second-order valence-corrected chi connectivity index (χ2v) is 6.08. The second-order valence-electron chi connectivity index (χ2n) is 6.08. The van der Waals surface area contributed by atoms with Gasteiger partial charge in [0.25, 0.3) is 5.91 Å². The molecule has 2 aliphatic rings. The number of rotatable bonds is 3. The van der Waals surface area contributed by atoms with Crippen LogP contribution in [0.2, 0.25) is 0 Å². The summed E-state index contributed by atoms with van der Waals surface area (Å²) in [5.41, 5.74) is -0.574. The Morgan fingerprint density at radius 3 is 2.28 bits per heavy atom. The van der Waals surface area contributed by atoms with Gasteiger partial charge in [-0.3, -0.25) is 19.4 Å². The Morgan fingerprint density at radius 1 is 1.08 bits per heavy atom. The Hall–Kier alpha value is -2.67. The standard InChI is InChI=1S/C18H21N3O4/c1-4-20-15(23)18(16(24)21(5-2)17(20)25)13(11-14(22)19(18)3)12-9-7-6-8-10-12/h6-11,15,23H,4-5H2,1-3H3. The van der Waals surface area contributed by atoms with Crippen LogP contribution in [0.5, 0.6) is 0 Å². The Kier molecular flexibility index (Phi) is 4.12. The van der Waals surface area contributed by atoms with Crippen LogP contribution < -0.4 is 0 Å². The molecule has 1 aromatic rings. The van der Waals surface area contributed by atoms with Crippen LogP contribution >= 0.6 is 0 Å². The van der Waals surface area contributed by atoms with Crippen molar-refractivity contribution >= 4 is 23.4 Å². The minimum Gasteiger partial charge on any atom is -0.370 e. The predicted octanol–water partition coefficient (Wildman–Crippen LogP) is 0.903. The average Bonchev–Trinajstić information content (AvgIpc) is 2.88. The molecule has 25 heavy (non-hydrogen) atoms. The molecule has 1 spiro atoms. The van der Waals surface area contributed by atoms with Gasteiger partial charge in [0.1, 0.15) is 0 Å². The van der Waals surface area contributed by atoms with Gasteiger partial charge in [-0.15, -0.1) is 0 Å². The molecule has 0 radical (unpaired) electrons. The maximum absolute atomic E-state index is 13.3. The summed E-state index contributed by atoms with van der Waals surface area (Å²) in [6, 6.07) is 8.44. The van der Waals surface area contributed by atoms with Crippen LogP contribution in [-0.4, -0.2) is 69.6 Å². The number of aliphatic hydroxyl groups is 1. The maximum Gasteiger partial charge on any atom is 0.328 e. The molecule has 4 amide bonds. The molecule has 3 rings (SSSR count). The van der Waals surface area contributed by atoms with Gasteiger partial charge in [0.15, 0.2) is 11.8 Å². The quantitative estimate of drug-likeness (QED) is 0.884. The number of hydrogen-bond acceptors (Lipinski definition) is 4. The van der Waals surface area contributed by atoms with Crippen molar-refractivity contribution in [3.8, 4) is 0 Å². The monoisotopic (exact) mass is 343 g/mol. The zero-order valence-electron chi connectivity index (χ0n) is 14.5. The summed E-state index contributed by atoms with van der Waals surface area (Å²) in [6.07, 6.45) is -0.0864. The Labute approximate surface area is 146 Å². The molecular weight excluding hydrogens is 322 g/mol. The highest BCUT2D eigenvalue weighted by Gasteiger charge is 2.64. The normalized spacial score (nSPS) is 26.7. The summed E-state index contributed by atoms with van der Waals surface area (Å²) in [4.78, 5) is 41.8. The Balaban J connectivity index is 2.25. The van der Waals surface area contributed by atoms with Crippen molar-refractivity contribution in [3.05, 3.63) is 42.0 Å². The van der Waals surface area contributed by atoms with Crippen molar-refractivity contribution in [3.63, 3.8) is 0 Å². The predicted molar refractivity (Wildman–Crippen MR) is 91.1 cm³/mol. The van der Waals surface area contributed by atoms with E-state index < -0.39 is 23.7 Å². The molecule has 2 atom stereocenters. The number of amides is 4. The molecule has 1 N–H and O–H groups in total. The topological polar surface area (TPSA) is 81.2 Å². The zero-order chi connectivity index (χ0) is 18.4. The number of nitrogens with zero attached hydrogens (tertiary/aromatic N) is 3. The van der Waals surface area contributed by atoms with Crippen molar-refractivity contribution in [1.82, 2.24) is 14.7 Å². The summed E-state index contributed by atoms with van der Waals surface area (Å²) in [5.74, 6) is -0.964. The first-order valence-electron chi connectivity index (χ1n) is 8.27. The van der Waals surface area contributed by atoms with Crippen molar-refractivity contribution in [1.29, 1.82) is 0 Å². The van der Waals surface area contributed by atoms with Crippen molar-refractivity contribution < 1.29 is 19.5 Å². The lowest BCUT2D eigenvalue weighted by molar-refractivity contribution is -0.164. The Morgan fingerprint density at radius 2 is 1.72 bits per heavy atom. The van der Waals surface area contributed by atoms with E-state index in [0.29, 0.717) is 11.1 Å². The fraction of sp³-hybridized carbons (Fsp3) is 0.389. The van der Waals surface area contributed by atoms with Gasteiger partial charge in [-0.1, -0.05) is 30.3 Å². The van der Waals surface area contributed by atoms with Crippen LogP contribution in [0.1, 0.15) is 19.4 Å². The van der Waals surface area contributed by atoms with E-state index in [1.54, 1.807) is 38.1 Å². The van der Waals surface area contributed by atoms with Crippen LogP contribution in [0.25, 0.3) is 5.57 Å². The highest BCUT2D eigenvalue weighted by Crippen LogP contribution is 2.44. The van der Waals surface area contributed by atoms with Crippen LogP contribution in [0, 0.1) is 0 Å². The SMILES string of the molecule is CCN1C(=O)N(CC)C(O)C2(C1=O)C(c1ccccc1)=CC(=O)N2C. The molecule has 2 aliphatic heterocycles. The lowest BCUT2D eigenvalue weighted by Gasteiger charge is -2.51. The molecule has 132 valence electrons. The Bertz CT molecular complexity index is 761. The van der Waals surface area contributed by atoms with Crippen LogP contribution in [-0.2, 0) is 9.59 Å². The number of benzene rings is 1. The molecule has 0 aliphatic carbocycles. The third-order valence-corrected chi connectivity index (χ3v) is 5.00. The summed E-state index contributed by atoms with van der Waals surface area (Å²) in [7, 11) is 1.48. The van der Waals surface area contributed by atoms with Crippen molar-refractivity contribution in [2.75, 3.05) is 20.1 Å². The van der Waals surface area contributed by atoms with E-state index >= 15 is 0 Å². The fourth-order valence-corrected chi connectivity index (χ4v) is 3.65. The summed E-state index contributed by atoms with van der Waals surface area (Å²) < 4.78 is 0. The number of hydrogen-bond donors (Lipinski definition) is 1. The molecule has 2 unspecified atom stereocenters. The molecule has 0 saturated carbocycles. The van der Waals surface area contributed by atoms with Crippen LogP contribution in [0.15, 0.2) is 36.4 Å². The van der Waals surface area contributed by atoms with Gasteiger partial charge in [0, 0.05) is 31.8 Å². The van der Waals surface area contributed by atoms with E-state index in [1.807, 2.05) is 6.07 Å². The lowest BCUT2D eigenvalue weighted by atomic mass is 9.81. The summed E-state index contributed by atoms with van der Waals surface area (Å²) in [5, 5.41) is 11.0. The van der Waals surface area contributed by atoms with Crippen LogP contribution in [0.4, 0.5) is 4.79 Å². The van der Waals surface area contributed by atoms with Gasteiger partial charge in [-0.05, 0) is 19.4 Å². The van der Waals surface area contributed by atoms with E-state index in [-0.39, 0.29) is 19.0 Å². The first-order chi connectivity index (χ1) is 11.9. The second kappa shape index (κ2) is 6.00. The van der Waals surface area contributed by atoms with E-state index in [1.165, 1.54) is 22.9 Å². The number of imide groups is 1. The van der Waals surface area contributed by atoms with Crippen molar-refractivity contribution in [2.45, 2.75) is 25.6 Å². The number of carbonyl (C=O) groups is 3. The van der Waals surface area contributed by atoms with Gasteiger partial charge in [0.2, 0.25) is 5.91 Å². The highest BCUT2D eigenvalue weighted by atomic mass is 16.3. The minimum absolute atomic E-state index is 0.159. The average molecular weight is 343 g/mol. The molecular formula is C18H21N3O4. The summed E-state index contributed by atoms with van der Waals surface area (Å²) in [6.45, 7) is 3.79. The molecule has 1 saturated heterocycles. The van der Waals surface area contributed by atoms with Gasteiger partial charge < -0.3 is 10.0 Å². The van der Waals surface area contributed by atoms with Gasteiger partial charge >= 0.3 is 6.03 Å². The van der Waals surface area contributed by atoms with Gasteiger partial charge in [-0.25, -0.2) is 4.79 Å². The highest BCUT2D eigenvalue weighted by molar-refractivity contribution is 6.18. The number of likely N-dealkylation sites (N-methyl/N-ethyl adjacent to an activating group) is 3. The number of urea groups is 1. The number of aliphatic hydroxyl groups excluding tert-OH is 1. The molecule has 7 nitrogen and oxygen atoms in total. The smallest absolute Gasteiger partial charge is 0.328 e. The van der Waals surface area contributed by atoms with Gasteiger partial charge in [0.05, 0.1) is 0 Å². The minimum atomic E-state index is -1.64. The molecule has 0 aromatic heterocycles. The van der Waals surface area contributed by atoms with Crippen LogP contribution in [0.3, 0.4) is 0 Å². The first kappa shape index (κ1) is 17.2. The zero-order valence-corrected chi connectivity index (χ0v) is 14.5. The largest absolute Gasteiger partial charge is 0.370 e. The molecule has 1 fully saturated rings.